The first-order chi connectivity index (χ1) is 6.34. The first-order valence-corrected chi connectivity index (χ1v) is 4.54. The zero-order chi connectivity index (χ0) is 8.84. The van der Waals surface area contributed by atoms with Crippen LogP contribution in [0.1, 0.15) is 0 Å². The van der Waals surface area contributed by atoms with Gasteiger partial charge in [-0.15, -0.1) is 10.2 Å². The molecule has 0 spiro atoms. The van der Waals surface area contributed by atoms with Crippen LogP contribution in [0.4, 0.5) is 4.39 Å². The lowest BCUT2D eigenvalue weighted by molar-refractivity contribution is 0.630. The molecule has 0 atom stereocenters. The number of aromatic nitrogens is 3. The molecule has 0 aliphatic rings. The summed E-state index contributed by atoms with van der Waals surface area (Å²) in [6.45, 7) is 0. The molecule has 64 valence electrons. The average Bonchev–Trinajstić information content (AvgIpc) is 2.62. The second kappa shape index (κ2) is 2.26. The number of nitrogens with zero attached hydrogens (tertiary/aromatic N) is 3. The van der Waals surface area contributed by atoms with Crippen molar-refractivity contribution in [2.75, 3.05) is 0 Å². The van der Waals surface area contributed by atoms with Gasteiger partial charge in [0.05, 0.1) is 10.2 Å². The number of rotatable bonds is 0. The van der Waals surface area contributed by atoms with Crippen molar-refractivity contribution in [1.82, 2.24) is 14.6 Å². The molecule has 0 fully saturated rings. The molecule has 3 rings (SSSR count). The zero-order valence-corrected chi connectivity index (χ0v) is 7.25. The molecule has 0 N–H and O–H groups in total. The first kappa shape index (κ1) is 6.97. The molecule has 0 aliphatic heterocycles. The number of fused-ring (bicyclic) bond motifs is 3. The molecule has 5 heteroatoms. The highest BCUT2D eigenvalue weighted by molar-refractivity contribution is 7.23. The van der Waals surface area contributed by atoms with E-state index < -0.39 is 0 Å². The minimum absolute atomic E-state index is 0.218. The summed E-state index contributed by atoms with van der Waals surface area (Å²) in [5, 5.41) is 7.66. The zero-order valence-electron chi connectivity index (χ0n) is 6.44. The molecule has 0 saturated carbocycles. The molecule has 3 aromatic rings. The van der Waals surface area contributed by atoms with E-state index in [2.05, 4.69) is 10.2 Å². The van der Waals surface area contributed by atoms with Crippen molar-refractivity contribution in [3.63, 3.8) is 0 Å². The van der Waals surface area contributed by atoms with Crippen LogP contribution in [0.3, 0.4) is 0 Å². The van der Waals surface area contributed by atoms with Crippen LogP contribution < -0.4 is 0 Å². The summed E-state index contributed by atoms with van der Waals surface area (Å²) in [6.07, 6.45) is 1.63. The average molecular weight is 193 g/mol. The lowest BCUT2D eigenvalue weighted by Crippen LogP contribution is -1.77. The van der Waals surface area contributed by atoms with Gasteiger partial charge >= 0.3 is 0 Å². The van der Waals surface area contributed by atoms with Gasteiger partial charge in [-0.2, -0.15) is 0 Å². The Morgan fingerprint density at radius 2 is 2.31 bits per heavy atom. The SMILES string of the molecule is Fc1ccc2c(c1)sc1nncn12. The van der Waals surface area contributed by atoms with Gasteiger partial charge in [-0.05, 0) is 18.2 Å². The Morgan fingerprint density at radius 1 is 1.38 bits per heavy atom. The Kier molecular flexibility index (Phi) is 1.21. The minimum atomic E-state index is -0.218. The molecule has 0 radical (unpaired) electrons. The summed E-state index contributed by atoms with van der Waals surface area (Å²) < 4.78 is 15.6. The van der Waals surface area contributed by atoms with Crippen LogP contribution in [0.2, 0.25) is 0 Å². The van der Waals surface area contributed by atoms with Gasteiger partial charge in [-0.1, -0.05) is 11.3 Å². The van der Waals surface area contributed by atoms with E-state index in [4.69, 9.17) is 0 Å². The largest absolute Gasteiger partial charge is 0.272 e. The number of halogens is 1. The Bertz CT molecular complexity index is 583. The van der Waals surface area contributed by atoms with Crippen LogP contribution >= 0.6 is 11.3 Å². The Balaban J connectivity index is 2.59. The highest BCUT2D eigenvalue weighted by atomic mass is 32.1. The maximum atomic E-state index is 12.8. The summed E-state index contributed by atoms with van der Waals surface area (Å²) in [5.74, 6) is -0.218. The molecule has 0 bridgehead atoms. The van der Waals surface area contributed by atoms with Gasteiger partial charge in [-0.25, -0.2) is 4.39 Å². The number of thiazole rings is 1. The van der Waals surface area contributed by atoms with E-state index in [1.165, 1.54) is 23.5 Å². The third-order valence-corrected chi connectivity index (χ3v) is 2.91. The van der Waals surface area contributed by atoms with Crippen molar-refractivity contribution in [2.24, 2.45) is 0 Å². The van der Waals surface area contributed by atoms with Crippen LogP contribution in [0, 0.1) is 5.82 Å². The summed E-state index contributed by atoms with van der Waals surface area (Å²) in [7, 11) is 0. The topological polar surface area (TPSA) is 30.2 Å². The van der Waals surface area contributed by atoms with Crippen LogP contribution in [-0.4, -0.2) is 14.6 Å². The Hall–Kier alpha value is -1.49. The van der Waals surface area contributed by atoms with E-state index in [0.717, 1.165) is 15.2 Å². The Labute approximate surface area is 76.4 Å². The second-order valence-electron chi connectivity index (χ2n) is 2.70. The molecule has 3 nitrogen and oxygen atoms in total. The molecule has 2 aromatic heterocycles. The van der Waals surface area contributed by atoms with Crippen molar-refractivity contribution >= 4 is 26.5 Å². The van der Waals surface area contributed by atoms with Crippen molar-refractivity contribution in [3.05, 3.63) is 30.3 Å². The molecule has 0 unspecified atom stereocenters. The van der Waals surface area contributed by atoms with Crippen LogP contribution in [0.15, 0.2) is 24.5 Å². The second-order valence-corrected chi connectivity index (χ2v) is 3.71. The number of hydrogen-bond acceptors (Lipinski definition) is 3. The smallest absolute Gasteiger partial charge is 0.217 e. The molecule has 2 heterocycles. The van der Waals surface area contributed by atoms with Gasteiger partial charge in [0, 0.05) is 0 Å². The van der Waals surface area contributed by atoms with Gasteiger partial charge in [0.15, 0.2) is 0 Å². The lowest BCUT2D eigenvalue weighted by atomic mass is 10.3. The molecule has 0 saturated heterocycles. The normalized spacial score (nSPS) is 11.5. The standard InChI is InChI=1S/C8H4FN3S/c9-5-1-2-6-7(3-5)13-8-11-10-4-12(6)8/h1-4H. The lowest BCUT2D eigenvalue weighted by Gasteiger charge is -1.89. The monoisotopic (exact) mass is 193 g/mol. The molecule has 0 aliphatic carbocycles. The molecular weight excluding hydrogens is 189 g/mol. The quantitative estimate of drug-likeness (QED) is 0.547. The maximum absolute atomic E-state index is 12.8. The van der Waals surface area contributed by atoms with Crippen molar-refractivity contribution in [1.29, 1.82) is 0 Å². The van der Waals surface area contributed by atoms with Crippen molar-refractivity contribution in [2.45, 2.75) is 0 Å². The summed E-state index contributed by atoms with van der Waals surface area (Å²) >= 11 is 1.43. The van der Waals surface area contributed by atoms with E-state index >= 15 is 0 Å². The third-order valence-electron chi connectivity index (χ3n) is 1.90. The molecule has 13 heavy (non-hydrogen) atoms. The summed E-state index contributed by atoms with van der Waals surface area (Å²) in [6, 6.07) is 4.68. The van der Waals surface area contributed by atoms with Crippen molar-refractivity contribution in [3.8, 4) is 0 Å². The summed E-state index contributed by atoms with van der Waals surface area (Å²) in [4.78, 5) is 0.792. The minimum Gasteiger partial charge on any atom is -0.272 e. The van der Waals surface area contributed by atoms with Gasteiger partial charge < -0.3 is 0 Å². The van der Waals surface area contributed by atoms with Crippen molar-refractivity contribution < 1.29 is 4.39 Å². The van der Waals surface area contributed by atoms with Crippen LogP contribution in [0.5, 0.6) is 0 Å². The van der Waals surface area contributed by atoms with Gasteiger partial charge in [0.1, 0.15) is 12.1 Å². The first-order valence-electron chi connectivity index (χ1n) is 3.72. The highest BCUT2D eigenvalue weighted by Crippen LogP contribution is 2.24. The van der Waals surface area contributed by atoms with E-state index in [9.17, 15) is 4.39 Å². The third kappa shape index (κ3) is 0.874. The van der Waals surface area contributed by atoms with E-state index in [0.29, 0.717) is 0 Å². The fraction of sp³-hybridized carbons (Fsp3) is 0. The fourth-order valence-corrected chi connectivity index (χ4v) is 2.30. The van der Waals surface area contributed by atoms with Gasteiger partial charge in [0.2, 0.25) is 4.96 Å². The predicted molar refractivity (Wildman–Crippen MR) is 48.3 cm³/mol. The summed E-state index contributed by atoms with van der Waals surface area (Å²) in [5.41, 5.74) is 0.950. The molecule has 0 amide bonds. The van der Waals surface area contributed by atoms with Gasteiger partial charge in [0.25, 0.3) is 0 Å². The van der Waals surface area contributed by atoms with E-state index in [1.54, 1.807) is 12.4 Å². The molecular formula is C8H4FN3S. The number of hydrogen-bond donors (Lipinski definition) is 0. The fourth-order valence-electron chi connectivity index (χ4n) is 1.33. The van der Waals surface area contributed by atoms with Gasteiger partial charge in [-0.3, -0.25) is 4.40 Å². The van der Waals surface area contributed by atoms with E-state index in [1.807, 2.05) is 4.40 Å². The van der Waals surface area contributed by atoms with Crippen LogP contribution in [0.25, 0.3) is 15.2 Å². The maximum Gasteiger partial charge on any atom is 0.217 e. The number of benzene rings is 1. The molecule has 1 aromatic carbocycles. The predicted octanol–water partition coefficient (Wildman–Crippen LogP) is 2.08. The van der Waals surface area contributed by atoms with Crippen LogP contribution in [-0.2, 0) is 0 Å². The highest BCUT2D eigenvalue weighted by Gasteiger charge is 2.05. The Morgan fingerprint density at radius 3 is 3.23 bits per heavy atom. The van der Waals surface area contributed by atoms with E-state index in [-0.39, 0.29) is 5.82 Å².